The lowest BCUT2D eigenvalue weighted by molar-refractivity contribution is 1.49. The van der Waals surface area contributed by atoms with Crippen LogP contribution in [0.15, 0.2) is 58.6 Å². The molecule has 0 saturated heterocycles. The maximum atomic E-state index is 4.20. The number of hydrogen-bond donors (Lipinski definition) is 0. The van der Waals surface area contributed by atoms with E-state index >= 15 is 0 Å². The van der Waals surface area contributed by atoms with E-state index in [0.29, 0.717) is 0 Å². The van der Waals surface area contributed by atoms with Gasteiger partial charge in [-0.1, -0.05) is 21.6 Å². The molecule has 0 N–H and O–H groups in total. The molecule has 0 fully saturated rings. The van der Waals surface area contributed by atoms with Crippen molar-refractivity contribution in [1.29, 1.82) is 0 Å². The van der Waals surface area contributed by atoms with Crippen molar-refractivity contribution >= 4 is 44.7 Å². The molecule has 0 spiro atoms. The van der Waals surface area contributed by atoms with Crippen LogP contribution >= 0.6 is 44.7 Å². The first-order valence-electron chi connectivity index (χ1n) is 5.93. The molecular formula is C14H8N2S4. The van der Waals surface area contributed by atoms with Crippen LogP contribution in [0.2, 0.25) is 0 Å². The van der Waals surface area contributed by atoms with Gasteiger partial charge in [-0.05, 0) is 59.5 Å². The van der Waals surface area contributed by atoms with Gasteiger partial charge in [0.15, 0.2) is 0 Å². The highest BCUT2D eigenvalue weighted by Crippen LogP contribution is 2.48. The molecule has 0 bridgehead atoms. The lowest BCUT2D eigenvalue weighted by atomic mass is 10.3. The van der Waals surface area contributed by atoms with Gasteiger partial charge in [-0.15, -0.1) is 0 Å². The molecule has 4 rings (SSSR count). The average molecular weight is 333 g/mol. The fourth-order valence-corrected chi connectivity index (χ4v) is 5.80. The standard InChI is InChI=1S/C14H8N2S4/c1-3-13(9-5-7-15-17-11(1)9)19-20-14-4-2-12-10(14)6-8-16-18-12/h1-8H. The Hall–Kier alpha value is -1.08. The van der Waals surface area contributed by atoms with Crippen LogP contribution in [0.4, 0.5) is 0 Å². The van der Waals surface area contributed by atoms with Crippen LogP contribution in [0.25, 0.3) is 20.9 Å². The molecule has 2 nitrogen and oxygen atoms in total. The molecule has 2 aliphatic heterocycles. The van der Waals surface area contributed by atoms with E-state index in [2.05, 4.69) is 45.1 Å². The van der Waals surface area contributed by atoms with Crippen LogP contribution < -0.4 is 0 Å². The number of rotatable bonds is 3. The van der Waals surface area contributed by atoms with Gasteiger partial charge < -0.3 is 0 Å². The van der Waals surface area contributed by atoms with Crippen molar-refractivity contribution < 1.29 is 0 Å². The van der Waals surface area contributed by atoms with Gasteiger partial charge in [0, 0.05) is 33.3 Å². The Kier molecular flexibility index (Phi) is 3.39. The molecule has 0 radical (unpaired) electrons. The van der Waals surface area contributed by atoms with Gasteiger partial charge in [0.1, 0.15) is 0 Å². The van der Waals surface area contributed by atoms with Gasteiger partial charge in [-0.3, -0.25) is 0 Å². The zero-order valence-corrected chi connectivity index (χ0v) is 13.4. The van der Waals surface area contributed by atoms with Crippen molar-refractivity contribution in [2.24, 2.45) is 0 Å². The van der Waals surface area contributed by atoms with Crippen LogP contribution in [0.5, 0.6) is 0 Å². The van der Waals surface area contributed by atoms with Gasteiger partial charge in [0.05, 0.1) is 9.75 Å². The Labute approximate surface area is 132 Å². The second-order valence-corrected chi connectivity index (χ2v) is 8.02. The number of nitrogens with zero attached hydrogens (tertiary/aromatic N) is 2. The van der Waals surface area contributed by atoms with Crippen molar-refractivity contribution in [2.45, 2.75) is 9.79 Å². The summed E-state index contributed by atoms with van der Waals surface area (Å²) in [6.45, 7) is 0. The van der Waals surface area contributed by atoms with Crippen LogP contribution in [0, 0.1) is 0 Å². The number of hydrogen-bond acceptors (Lipinski definition) is 6. The van der Waals surface area contributed by atoms with E-state index in [-0.39, 0.29) is 0 Å². The van der Waals surface area contributed by atoms with Crippen LogP contribution in [-0.2, 0) is 0 Å². The summed E-state index contributed by atoms with van der Waals surface area (Å²) in [6.07, 6.45) is 3.74. The monoisotopic (exact) mass is 332 g/mol. The van der Waals surface area contributed by atoms with E-state index in [4.69, 9.17) is 0 Å². The molecule has 0 atom stereocenters. The molecule has 0 aromatic rings. The second-order valence-electron chi connectivity index (χ2n) is 4.14. The Balaban J connectivity index is 1.59. The molecule has 0 unspecified atom stereocenters. The number of fused-ring (bicyclic) bond motifs is 2. The minimum Gasteiger partial charge on any atom is -0.201 e. The van der Waals surface area contributed by atoms with Crippen LogP contribution in [0.3, 0.4) is 0 Å². The van der Waals surface area contributed by atoms with Crippen LogP contribution in [-0.4, -0.2) is 8.75 Å². The predicted molar refractivity (Wildman–Crippen MR) is 89.2 cm³/mol. The third-order valence-corrected chi connectivity index (χ3v) is 7.00. The Morgan fingerprint density at radius 2 is 1.15 bits per heavy atom. The van der Waals surface area contributed by atoms with Gasteiger partial charge in [-0.25, -0.2) is 8.75 Å². The highest BCUT2D eigenvalue weighted by atomic mass is 33.1. The molecule has 0 saturated carbocycles. The smallest absolute Gasteiger partial charge is 0.0546 e. The SMILES string of the molecule is c1cc2c(SSc3ccc4snccc3-4)ccc-2sn1. The summed E-state index contributed by atoms with van der Waals surface area (Å²) >= 11 is 3.09. The first-order valence-corrected chi connectivity index (χ1v) is 9.63. The van der Waals surface area contributed by atoms with E-state index < -0.39 is 0 Å². The van der Waals surface area contributed by atoms with E-state index in [1.807, 2.05) is 34.0 Å². The molecule has 0 aromatic heterocycles. The zero-order valence-electron chi connectivity index (χ0n) is 10.1. The summed E-state index contributed by atoms with van der Waals surface area (Å²) in [5, 5.41) is 0. The summed E-state index contributed by atoms with van der Waals surface area (Å²) in [4.78, 5) is 5.09. The van der Waals surface area contributed by atoms with Gasteiger partial charge in [0.2, 0.25) is 0 Å². The highest BCUT2D eigenvalue weighted by Gasteiger charge is 2.14. The van der Waals surface area contributed by atoms with E-state index in [1.54, 1.807) is 23.1 Å². The van der Waals surface area contributed by atoms with Crippen molar-refractivity contribution in [3.05, 3.63) is 48.8 Å². The van der Waals surface area contributed by atoms with Crippen molar-refractivity contribution in [2.75, 3.05) is 0 Å². The maximum absolute atomic E-state index is 4.20. The fourth-order valence-electron chi connectivity index (χ4n) is 2.01. The molecule has 6 heteroatoms. The van der Waals surface area contributed by atoms with E-state index in [9.17, 15) is 0 Å². The molecule has 0 aromatic carbocycles. The van der Waals surface area contributed by atoms with E-state index in [1.165, 1.54) is 30.7 Å². The normalized spacial score (nSPS) is 11.4. The molecule has 20 heavy (non-hydrogen) atoms. The Bertz CT molecular complexity index is 724. The summed E-state index contributed by atoms with van der Waals surface area (Å²) in [5.41, 5.74) is 2.59. The number of aromatic nitrogens is 2. The maximum Gasteiger partial charge on any atom is 0.0546 e. The minimum absolute atomic E-state index is 1.24. The quantitative estimate of drug-likeness (QED) is 0.455. The summed E-state index contributed by atoms with van der Waals surface area (Å²) < 4.78 is 8.39. The minimum atomic E-state index is 1.24. The highest BCUT2D eigenvalue weighted by molar-refractivity contribution is 8.76. The second kappa shape index (κ2) is 5.37. The predicted octanol–water partition coefficient (Wildman–Crippen LogP) is 5.61. The first kappa shape index (κ1) is 12.6. The molecule has 2 heterocycles. The molecule has 4 aliphatic rings. The third kappa shape index (κ3) is 2.22. The van der Waals surface area contributed by atoms with Gasteiger partial charge in [-0.2, -0.15) is 0 Å². The van der Waals surface area contributed by atoms with E-state index in [0.717, 1.165) is 0 Å². The lowest BCUT2D eigenvalue weighted by Gasteiger charge is -2.03. The van der Waals surface area contributed by atoms with Crippen LogP contribution in [0.1, 0.15) is 0 Å². The largest absolute Gasteiger partial charge is 0.201 e. The van der Waals surface area contributed by atoms with Gasteiger partial charge in [0.25, 0.3) is 0 Å². The fraction of sp³-hybridized carbons (Fsp3) is 0. The topological polar surface area (TPSA) is 25.8 Å². The Morgan fingerprint density at radius 1 is 0.650 bits per heavy atom. The summed E-state index contributed by atoms with van der Waals surface area (Å²) in [5.74, 6) is 0. The summed E-state index contributed by atoms with van der Waals surface area (Å²) in [6, 6.07) is 12.8. The summed E-state index contributed by atoms with van der Waals surface area (Å²) in [7, 11) is 3.62. The molecular weight excluding hydrogens is 324 g/mol. The zero-order chi connectivity index (χ0) is 13.4. The molecule has 2 aliphatic carbocycles. The Morgan fingerprint density at radius 3 is 1.65 bits per heavy atom. The first-order chi connectivity index (χ1) is 9.92. The van der Waals surface area contributed by atoms with Crippen molar-refractivity contribution in [3.63, 3.8) is 0 Å². The van der Waals surface area contributed by atoms with Gasteiger partial charge >= 0.3 is 0 Å². The molecule has 98 valence electrons. The van der Waals surface area contributed by atoms with Crippen molar-refractivity contribution in [3.8, 4) is 20.9 Å². The molecule has 0 amide bonds. The third-order valence-electron chi connectivity index (χ3n) is 2.96. The average Bonchev–Trinajstić information content (AvgIpc) is 3.09. The van der Waals surface area contributed by atoms with Crippen molar-refractivity contribution in [1.82, 2.24) is 8.75 Å². The lowest BCUT2D eigenvalue weighted by Crippen LogP contribution is -1.74.